The molecule has 5 nitrogen and oxygen atoms in total. The first-order valence-electron chi connectivity index (χ1n) is 5.96. The van der Waals surface area contributed by atoms with Crippen LogP contribution in [0, 0.1) is 0 Å². The Labute approximate surface area is 107 Å². The number of nitrogen functional groups attached to an aromatic ring is 1. The van der Waals surface area contributed by atoms with E-state index in [4.69, 9.17) is 10.5 Å². The summed E-state index contributed by atoms with van der Waals surface area (Å²) in [4.78, 5) is 14.0. The summed E-state index contributed by atoms with van der Waals surface area (Å²) in [5.74, 6) is 0.666. The Kier molecular flexibility index (Phi) is 3.07. The number of hydrogen-bond acceptors (Lipinski definition) is 4. The second kappa shape index (κ2) is 4.40. The van der Waals surface area contributed by atoms with E-state index < -0.39 is 5.54 Å². The third kappa shape index (κ3) is 1.96. The molecule has 1 amide bonds. The van der Waals surface area contributed by atoms with Crippen LogP contribution in [0.3, 0.4) is 0 Å². The molecule has 3 N–H and O–H groups in total. The molecule has 18 heavy (non-hydrogen) atoms. The fourth-order valence-corrected chi connectivity index (χ4v) is 2.22. The number of nitrogens with two attached hydrogens (primary N) is 1. The van der Waals surface area contributed by atoms with Gasteiger partial charge in [-0.05, 0) is 26.0 Å². The van der Waals surface area contributed by atoms with Crippen molar-refractivity contribution in [3.8, 4) is 5.75 Å². The van der Waals surface area contributed by atoms with Gasteiger partial charge in [0.05, 0.1) is 12.8 Å². The molecule has 0 aromatic heterocycles. The van der Waals surface area contributed by atoms with Gasteiger partial charge in [-0.1, -0.05) is 0 Å². The molecule has 98 valence electrons. The van der Waals surface area contributed by atoms with E-state index in [1.165, 1.54) is 0 Å². The lowest BCUT2D eigenvalue weighted by Gasteiger charge is -2.43. The van der Waals surface area contributed by atoms with Crippen LogP contribution in [-0.4, -0.2) is 31.6 Å². The van der Waals surface area contributed by atoms with E-state index in [0.717, 1.165) is 12.2 Å². The van der Waals surface area contributed by atoms with Gasteiger partial charge in [0.2, 0.25) is 5.91 Å². The van der Waals surface area contributed by atoms with Crippen molar-refractivity contribution in [2.45, 2.75) is 19.4 Å². The van der Waals surface area contributed by atoms with Crippen molar-refractivity contribution in [2.24, 2.45) is 0 Å². The van der Waals surface area contributed by atoms with Crippen molar-refractivity contribution < 1.29 is 9.53 Å². The van der Waals surface area contributed by atoms with Gasteiger partial charge >= 0.3 is 0 Å². The summed E-state index contributed by atoms with van der Waals surface area (Å²) >= 11 is 0. The van der Waals surface area contributed by atoms with Crippen molar-refractivity contribution >= 4 is 17.3 Å². The van der Waals surface area contributed by atoms with Crippen LogP contribution in [0.5, 0.6) is 5.75 Å². The van der Waals surface area contributed by atoms with Crippen molar-refractivity contribution in [1.29, 1.82) is 0 Å². The highest BCUT2D eigenvalue weighted by molar-refractivity contribution is 5.90. The van der Waals surface area contributed by atoms with Crippen molar-refractivity contribution in [2.75, 3.05) is 30.8 Å². The SMILES string of the molecule is COc1cc(N2CCNC(=O)C2(C)C)ccc1N. The number of nitrogens with zero attached hydrogens (tertiary/aromatic N) is 1. The number of methoxy groups -OCH3 is 1. The molecule has 1 aromatic rings. The Morgan fingerprint density at radius 1 is 1.44 bits per heavy atom. The van der Waals surface area contributed by atoms with E-state index in [1.54, 1.807) is 13.2 Å². The normalized spacial score (nSPS) is 18.4. The number of benzene rings is 1. The summed E-state index contributed by atoms with van der Waals surface area (Å²) in [5, 5.41) is 2.88. The fourth-order valence-electron chi connectivity index (χ4n) is 2.22. The van der Waals surface area contributed by atoms with Gasteiger partial charge in [0.25, 0.3) is 0 Å². The summed E-state index contributed by atoms with van der Waals surface area (Å²) in [7, 11) is 1.59. The van der Waals surface area contributed by atoms with Gasteiger partial charge in [0, 0.05) is 24.8 Å². The second-order valence-corrected chi connectivity index (χ2v) is 4.89. The van der Waals surface area contributed by atoms with Gasteiger partial charge in [-0.25, -0.2) is 0 Å². The van der Waals surface area contributed by atoms with Crippen molar-refractivity contribution in [3.05, 3.63) is 18.2 Å². The van der Waals surface area contributed by atoms with Gasteiger partial charge in [-0.15, -0.1) is 0 Å². The monoisotopic (exact) mass is 249 g/mol. The highest BCUT2D eigenvalue weighted by Crippen LogP contribution is 2.32. The lowest BCUT2D eigenvalue weighted by Crippen LogP contribution is -2.62. The smallest absolute Gasteiger partial charge is 0.245 e. The van der Waals surface area contributed by atoms with Crippen LogP contribution in [0.4, 0.5) is 11.4 Å². The zero-order valence-electron chi connectivity index (χ0n) is 11.0. The molecule has 0 unspecified atom stereocenters. The average Bonchev–Trinajstić information content (AvgIpc) is 2.34. The number of carbonyl (C=O) groups excluding carboxylic acids is 1. The summed E-state index contributed by atoms with van der Waals surface area (Å²) in [6.45, 7) is 5.23. The van der Waals surface area contributed by atoms with Gasteiger partial charge in [0.1, 0.15) is 11.3 Å². The second-order valence-electron chi connectivity index (χ2n) is 4.89. The largest absolute Gasteiger partial charge is 0.495 e. The minimum Gasteiger partial charge on any atom is -0.495 e. The molecule has 1 aliphatic heterocycles. The molecule has 5 heteroatoms. The first kappa shape index (κ1) is 12.5. The predicted octanol–water partition coefficient (Wildman–Crippen LogP) is 0.992. The molecule has 0 bridgehead atoms. The molecule has 0 spiro atoms. The van der Waals surface area contributed by atoms with Crippen LogP contribution in [0.2, 0.25) is 0 Å². The fraction of sp³-hybridized carbons (Fsp3) is 0.462. The quantitative estimate of drug-likeness (QED) is 0.767. The minimum absolute atomic E-state index is 0.0320. The van der Waals surface area contributed by atoms with Crippen LogP contribution in [-0.2, 0) is 4.79 Å². The van der Waals surface area contributed by atoms with Gasteiger partial charge in [0.15, 0.2) is 0 Å². The van der Waals surface area contributed by atoms with Crippen LogP contribution >= 0.6 is 0 Å². The maximum Gasteiger partial charge on any atom is 0.245 e. The standard InChI is InChI=1S/C13H19N3O2/c1-13(2)12(17)15-6-7-16(13)9-4-5-10(14)11(8-9)18-3/h4-5,8H,6-7,14H2,1-3H3,(H,15,17). The number of carbonyl (C=O) groups is 1. The van der Waals surface area contributed by atoms with E-state index in [2.05, 4.69) is 10.2 Å². The number of hydrogen-bond donors (Lipinski definition) is 2. The topological polar surface area (TPSA) is 67.6 Å². The molecule has 1 aromatic carbocycles. The van der Waals surface area contributed by atoms with Crippen LogP contribution in [0.15, 0.2) is 18.2 Å². The third-order valence-electron chi connectivity index (χ3n) is 3.38. The molecule has 0 aliphatic carbocycles. The molecule has 1 fully saturated rings. The molecular weight excluding hydrogens is 230 g/mol. The summed E-state index contributed by atoms with van der Waals surface area (Å²) < 4.78 is 5.22. The lowest BCUT2D eigenvalue weighted by atomic mass is 9.98. The number of rotatable bonds is 2. The van der Waals surface area contributed by atoms with Gasteiger partial charge < -0.3 is 20.7 Å². The van der Waals surface area contributed by atoms with E-state index >= 15 is 0 Å². The molecule has 0 atom stereocenters. The zero-order chi connectivity index (χ0) is 13.3. The first-order chi connectivity index (χ1) is 8.46. The summed E-state index contributed by atoms with van der Waals surface area (Å²) in [6, 6.07) is 5.59. The van der Waals surface area contributed by atoms with Crippen LogP contribution < -0.4 is 20.7 Å². The predicted molar refractivity (Wildman–Crippen MR) is 71.8 cm³/mol. The molecular formula is C13H19N3O2. The molecule has 0 saturated carbocycles. The maximum atomic E-state index is 11.9. The molecule has 2 rings (SSSR count). The van der Waals surface area contributed by atoms with Crippen LogP contribution in [0.1, 0.15) is 13.8 Å². The number of amides is 1. The van der Waals surface area contributed by atoms with Crippen molar-refractivity contribution in [3.63, 3.8) is 0 Å². The summed E-state index contributed by atoms with van der Waals surface area (Å²) in [5.41, 5.74) is 6.77. The molecule has 1 heterocycles. The number of anilines is 2. The maximum absolute atomic E-state index is 11.9. The van der Waals surface area contributed by atoms with Gasteiger partial charge in [-0.2, -0.15) is 0 Å². The molecule has 1 aliphatic rings. The van der Waals surface area contributed by atoms with Crippen molar-refractivity contribution in [1.82, 2.24) is 5.32 Å². The van der Waals surface area contributed by atoms with E-state index in [1.807, 2.05) is 26.0 Å². The van der Waals surface area contributed by atoms with Crippen LogP contribution in [0.25, 0.3) is 0 Å². The molecule has 1 saturated heterocycles. The highest BCUT2D eigenvalue weighted by atomic mass is 16.5. The third-order valence-corrected chi connectivity index (χ3v) is 3.38. The van der Waals surface area contributed by atoms with E-state index in [-0.39, 0.29) is 5.91 Å². The number of piperazine rings is 1. The zero-order valence-corrected chi connectivity index (χ0v) is 11.0. The van der Waals surface area contributed by atoms with Gasteiger partial charge in [-0.3, -0.25) is 4.79 Å². The Morgan fingerprint density at radius 3 is 2.83 bits per heavy atom. The Balaban J connectivity index is 2.38. The number of ether oxygens (including phenoxy) is 1. The van der Waals surface area contributed by atoms with E-state index in [9.17, 15) is 4.79 Å². The first-order valence-corrected chi connectivity index (χ1v) is 5.96. The number of nitrogens with one attached hydrogen (secondary N) is 1. The highest BCUT2D eigenvalue weighted by Gasteiger charge is 2.37. The Hall–Kier alpha value is -1.91. The average molecular weight is 249 g/mol. The minimum atomic E-state index is -0.570. The Bertz CT molecular complexity index is 471. The lowest BCUT2D eigenvalue weighted by molar-refractivity contribution is -0.126. The molecule has 0 radical (unpaired) electrons. The Morgan fingerprint density at radius 2 is 2.17 bits per heavy atom. The summed E-state index contributed by atoms with van der Waals surface area (Å²) in [6.07, 6.45) is 0. The van der Waals surface area contributed by atoms with E-state index in [0.29, 0.717) is 18.0 Å².